The summed E-state index contributed by atoms with van der Waals surface area (Å²) >= 11 is 0. The summed E-state index contributed by atoms with van der Waals surface area (Å²) in [6.45, 7) is 1.24. The average molecular weight is 362 g/mol. The van der Waals surface area contributed by atoms with E-state index in [4.69, 9.17) is 5.73 Å². The van der Waals surface area contributed by atoms with Gasteiger partial charge in [-0.25, -0.2) is 4.79 Å². The maximum atomic E-state index is 13.4. The molecule has 0 bridgehead atoms. The van der Waals surface area contributed by atoms with E-state index >= 15 is 0 Å². The molecule has 0 fully saturated rings. The number of benzene rings is 2. The van der Waals surface area contributed by atoms with Gasteiger partial charge in [0.05, 0.1) is 12.1 Å². The van der Waals surface area contributed by atoms with Crippen LogP contribution in [0.15, 0.2) is 48.5 Å². The number of ether oxygens (including phenoxy) is 1. The average Bonchev–Trinajstić information content (AvgIpc) is 2.60. The van der Waals surface area contributed by atoms with Gasteiger partial charge in [-0.3, -0.25) is 4.98 Å². The highest BCUT2D eigenvalue weighted by molar-refractivity contribution is 6.06. The summed E-state index contributed by atoms with van der Waals surface area (Å²) in [4.78, 5) is 16.1. The van der Waals surface area contributed by atoms with Crippen LogP contribution in [0.25, 0.3) is 21.7 Å². The molecule has 7 heteroatoms. The molecule has 0 saturated heterocycles. The van der Waals surface area contributed by atoms with Crippen LogP contribution in [0.2, 0.25) is 0 Å². The number of hydrogen-bond donors (Lipinski definition) is 1. The first-order chi connectivity index (χ1) is 12.3. The summed E-state index contributed by atoms with van der Waals surface area (Å²) in [6.07, 6.45) is -5.75. The molecule has 0 amide bonds. The smallest absolute Gasteiger partial charge is 0.417 e. The Labute approximate surface area is 147 Å². The Balaban J connectivity index is 2.04. The monoisotopic (exact) mass is 362 g/mol. The lowest BCUT2D eigenvalue weighted by molar-refractivity contribution is -0.205. The van der Waals surface area contributed by atoms with Crippen LogP contribution in [0.3, 0.4) is 0 Å². The van der Waals surface area contributed by atoms with E-state index in [1.54, 1.807) is 12.1 Å². The van der Waals surface area contributed by atoms with Gasteiger partial charge in [0.1, 0.15) is 0 Å². The van der Waals surface area contributed by atoms with Gasteiger partial charge >= 0.3 is 12.1 Å². The number of fused-ring (bicyclic) bond motifs is 3. The Morgan fingerprint density at radius 1 is 1.08 bits per heavy atom. The fourth-order valence-electron chi connectivity index (χ4n) is 2.86. The van der Waals surface area contributed by atoms with Crippen LogP contribution in [-0.2, 0) is 16.0 Å². The molecule has 0 saturated carbocycles. The van der Waals surface area contributed by atoms with E-state index in [-0.39, 0.29) is 12.3 Å². The Kier molecular flexibility index (Phi) is 4.58. The van der Waals surface area contributed by atoms with Gasteiger partial charge in [-0.1, -0.05) is 36.4 Å². The van der Waals surface area contributed by atoms with Gasteiger partial charge in [0.15, 0.2) is 0 Å². The molecular formula is C19H17F3N2O2. The zero-order valence-corrected chi connectivity index (χ0v) is 14.0. The minimum absolute atomic E-state index is 0.0701. The number of pyridine rings is 1. The highest BCUT2D eigenvalue weighted by Crippen LogP contribution is 2.33. The van der Waals surface area contributed by atoms with E-state index in [1.165, 1.54) is 13.0 Å². The second-order valence-corrected chi connectivity index (χ2v) is 6.02. The first-order valence-electron chi connectivity index (χ1n) is 8.06. The van der Waals surface area contributed by atoms with Crippen molar-refractivity contribution in [2.24, 2.45) is 5.73 Å². The van der Waals surface area contributed by atoms with E-state index in [0.29, 0.717) is 5.52 Å². The van der Waals surface area contributed by atoms with Crippen molar-refractivity contribution in [3.05, 3.63) is 54.2 Å². The summed E-state index contributed by atoms with van der Waals surface area (Å²) in [5.41, 5.74) is 2.90. The summed E-state index contributed by atoms with van der Waals surface area (Å²) < 4.78 is 44.8. The Morgan fingerprint density at radius 3 is 2.50 bits per heavy atom. The molecule has 0 aliphatic carbocycles. The van der Waals surface area contributed by atoms with Crippen LogP contribution < -0.4 is 5.73 Å². The van der Waals surface area contributed by atoms with E-state index in [9.17, 15) is 18.0 Å². The van der Waals surface area contributed by atoms with Gasteiger partial charge in [-0.2, -0.15) is 13.2 Å². The number of nitrogens with zero attached hydrogens (tertiary/aromatic N) is 1. The first kappa shape index (κ1) is 18.1. The number of esters is 1. The SMILES string of the molecule is CCOC(=O)[C@](N)(Cc1ccc2c(ccc3ccccc32)n1)C(F)(F)F. The molecule has 136 valence electrons. The molecular weight excluding hydrogens is 345 g/mol. The van der Waals surface area contributed by atoms with E-state index in [0.717, 1.165) is 16.2 Å². The zero-order valence-electron chi connectivity index (χ0n) is 14.0. The van der Waals surface area contributed by atoms with Gasteiger partial charge in [0.2, 0.25) is 5.54 Å². The van der Waals surface area contributed by atoms with Crippen LogP contribution in [-0.4, -0.2) is 29.3 Å². The molecule has 1 aromatic heterocycles. The quantitative estimate of drug-likeness (QED) is 0.567. The highest BCUT2D eigenvalue weighted by atomic mass is 19.4. The third kappa shape index (κ3) is 3.10. The number of carbonyl (C=O) groups excluding carboxylic acids is 1. The molecule has 26 heavy (non-hydrogen) atoms. The molecule has 3 rings (SSSR count). The normalized spacial score (nSPS) is 14.3. The van der Waals surface area contributed by atoms with Gasteiger partial charge in [-0.15, -0.1) is 0 Å². The fourth-order valence-corrected chi connectivity index (χ4v) is 2.86. The Hall–Kier alpha value is -2.67. The van der Waals surface area contributed by atoms with Crippen molar-refractivity contribution < 1.29 is 22.7 Å². The lowest BCUT2D eigenvalue weighted by atomic mass is 9.93. The van der Waals surface area contributed by atoms with Crippen molar-refractivity contribution in [2.75, 3.05) is 6.61 Å². The van der Waals surface area contributed by atoms with E-state index in [1.807, 2.05) is 30.3 Å². The molecule has 0 unspecified atom stereocenters. The molecule has 1 atom stereocenters. The summed E-state index contributed by atoms with van der Waals surface area (Å²) in [5, 5.41) is 2.77. The first-order valence-corrected chi connectivity index (χ1v) is 8.06. The summed E-state index contributed by atoms with van der Waals surface area (Å²) in [6, 6.07) is 14.4. The predicted octanol–water partition coefficient (Wildman–Crippen LogP) is 3.75. The van der Waals surface area contributed by atoms with Crippen LogP contribution in [0, 0.1) is 0 Å². The van der Waals surface area contributed by atoms with Crippen LogP contribution >= 0.6 is 0 Å². The maximum absolute atomic E-state index is 13.4. The van der Waals surface area contributed by atoms with Gasteiger partial charge in [0, 0.05) is 17.5 Å². The zero-order chi connectivity index (χ0) is 18.9. The lowest BCUT2D eigenvalue weighted by Gasteiger charge is -2.29. The second kappa shape index (κ2) is 6.57. The van der Waals surface area contributed by atoms with Crippen LogP contribution in [0.5, 0.6) is 0 Å². The van der Waals surface area contributed by atoms with Gasteiger partial charge in [-0.05, 0) is 29.8 Å². The Bertz CT molecular complexity index is 972. The molecule has 0 aliphatic rings. The molecule has 0 spiro atoms. The molecule has 3 aromatic rings. The number of carbonyl (C=O) groups is 1. The molecule has 0 radical (unpaired) electrons. The van der Waals surface area contributed by atoms with Crippen LogP contribution in [0.1, 0.15) is 12.6 Å². The number of aromatic nitrogens is 1. The molecule has 4 nitrogen and oxygen atoms in total. The minimum Gasteiger partial charge on any atom is -0.464 e. The lowest BCUT2D eigenvalue weighted by Crippen LogP contribution is -2.61. The molecule has 0 aliphatic heterocycles. The number of hydrogen-bond acceptors (Lipinski definition) is 4. The second-order valence-electron chi connectivity index (χ2n) is 6.02. The summed E-state index contributed by atoms with van der Waals surface area (Å²) in [5.74, 6) is -1.51. The van der Waals surface area contributed by atoms with Crippen molar-refractivity contribution >= 4 is 27.6 Å². The molecule has 2 aromatic carbocycles. The number of nitrogens with two attached hydrogens (primary N) is 1. The number of halogens is 3. The van der Waals surface area contributed by atoms with Crippen molar-refractivity contribution in [2.45, 2.75) is 25.1 Å². The molecule has 1 heterocycles. The highest BCUT2D eigenvalue weighted by Gasteiger charge is 2.59. The van der Waals surface area contributed by atoms with Gasteiger partial charge in [0.25, 0.3) is 0 Å². The standard InChI is InChI=1S/C19H17F3N2O2/c1-2-26-17(25)18(23,19(20,21)22)11-13-8-9-15-14-6-4-3-5-12(14)7-10-16(15)24-13/h3-10H,2,11,23H2,1H3/t18-/m1/s1. The Morgan fingerprint density at radius 2 is 1.81 bits per heavy atom. The minimum atomic E-state index is -4.96. The van der Waals surface area contributed by atoms with Crippen molar-refractivity contribution in [3.63, 3.8) is 0 Å². The molecule has 2 N–H and O–H groups in total. The fraction of sp³-hybridized carbons (Fsp3) is 0.263. The summed E-state index contributed by atoms with van der Waals surface area (Å²) in [7, 11) is 0. The van der Waals surface area contributed by atoms with Crippen molar-refractivity contribution in [3.8, 4) is 0 Å². The number of rotatable bonds is 4. The van der Waals surface area contributed by atoms with Gasteiger partial charge < -0.3 is 10.5 Å². The van der Waals surface area contributed by atoms with E-state index in [2.05, 4.69) is 9.72 Å². The number of alkyl halides is 3. The predicted molar refractivity (Wildman–Crippen MR) is 92.6 cm³/mol. The maximum Gasteiger partial charge on any atom is 0.417 e. The van der Waals surface area contributed by atoms with Crippen LogP contribution in [0.4, 0.5) is 13.2 Å². The van der Waals surface area contributed by atoms with Crippen molar-refractivity contribution in [1.29, 1.82) is 0 Å². The third-order valence-electron chi connectivity index (χ3n) is 4.26. The topological polar surface area (TPSA) is 65.2 Å². The third-order valence-corrected chi connectivity index (χ3v) is 4.26. The largest absolute Gasteiger partial charge is 0.464 e. The van der Waals surface area contributed by atoms with E-state index < -0.39 is 24.1 Å². The van der Waals surface area contributed by atoms with Crippen molar-refractivity contribution in [1.82, 2.24) is 4.98 Å².